The number of hydrogen-bond donors (Lipinski definition) is 1. The van der Waals surface area contributed by atoms with Gasteiger partial charge in [0, 0.05) is 15.7 Å². The Morgan fingerprint density at radius 2 is 1.82 bits per heavy atom. The number of carbonyl (C=O) groups is 2. The first kappa shape index (κ1) is 16.2. The van der Waals surface area contributed by atoms with Gasteiger partial charge < -0.3 is 10.1 Å². The number of carbonyl (C=O) groups excluding carboxylic acids is 2. The first-order chi connectivity index (χ1) is 10.5. The molecule has 0 aliphatic rings. The molecule has 0 aliphatic carbocycles. The summed E-state index contributed by atoms with van der Waals surface area (Å²) in [5, 5.41) is 2.77. The zero-order chi connectivity index (χ0) is 16.1. The van der Waals surface area contributed by atoms with E-state index in [9.17, 15) is 9.59 Å². The van der Waals surface area contributed by atoms with Crippen LogP contribution in [0.1, 0.15) is 24.2 Å². The second kappa shape index (κ2) is 7.22. The van der Waals surface area contributed by atoms with Crippen LogP contribution in [0.2, 0.25) is 0 Å². The maximum Gasteiger partial charge on any atom is 0.265 e. The number of Topliss-reactive ketones (excluding diaryl/α,β-unsaturated/α-hetero) is 1. The number of ether oxygens (including phenoxy) is 1. The van der Waals surface area contributed by atoms with E-state index >= 15 is 0 Å². The lowest BCUT2D eigenvalue weighted by Crippen LogP contribution is -2.30. The smallest absolute Gasteiger partial charge is 0.265 e. The van der Waals surface area contributed by atoms with Gasteiger partial charge in [0.25, 0.3) is 5.91 Å². The summed E-state index contributed by atoms with van der Waals surface area (Å²) in [5.41, 5.74) is 1.25. The van der Waals surface area contributed by atoms with Crippen molar-refractivity contribution in [3.05, 3.63) is 58.6 Å². The standard InChI is InChI=1S/C17H16BrNO3/c1-11(20)13-4-3-5-16(10-13)22-12(2)17(21)19-15-8-6-14(18)7-9-15/h3-10,12H,1-2H3,(H,19,21)/t12-/m0/s1. The van der Waals surface area contributed by atoms with Crippen LogP contribution < -0.4 is 10.1 Å². The van der Waals surface area contributed by atoms with Gasteiger partial charge in [0.15, 0.2) is 11.9 Å². The lowest BCUT2D eigenvalue weighted by molar-refractivity contribution is -0.122. The topological polar surface area (TPSA) is 55.4 Å². The molecule has 0 fully saturated rings. The average molecular weight is 362 g/mol. The van der Waals surface area contributed by atoms with Crippen molar-refractivity contribution in [3.8, 4) is 5.75 Å². The number of nitrogens with one attached hydrogen (secondary N) is 1. The molecule has 2 aromatic carbocycles. The predicted molar refractivity (Wildman–Crippen MR) is 89.3 cm³/mol. The fraction of sp³-hybridized carbons (Fsp3) is 0.176. The predicted octanol–water partition coefficient (Wildman–Crippen LogP) is 4.06. The molecule has 0 spiro atoms. The Bertz CT molecular complexity index is 683. The summed E-state index contributed by atoms with van der Waals surface area (Å²) >= 11 is 3.34. The van der Waals surface area contributed by atoms with Crippen molar-refractivity contribution in [2.45, 2.75) is 20.0 Å². The highest BCUT2D eigenvalue weighted by Crippen LogP contribution is 2.17. The van der Waals surface area contributed by atoms with Gasteiger partial charge in [0.05, 0.1) is 0 Å². The Balaban J connectivity index is 2.00. The van der Waals surface area contributed by atoms with Crippen LogP contribution in [0, 0.1) is 0 Å². The van der Waals surface area contributed by atoms with E-state index in [0.29, 0.717) is 17.0 Å². The number of anilines is 1. The van der Waals surface area contributed by atoms with Crippen molar-refractivity contribution in [2.75, 3.05) is 5.32 Å². The van der Waals surface area contributed by atoms with Crippen molar-refractivity contribution in [3.63, 3.8) is 0 Å². The van der Waals surface area contributed by atoms with Crippen molar-refractivity contribution in [2.24, 2.45) is 0 Å². The molecular formula is C17H16BrNO3. The molecule has 0 aliphatic heterocycles. The van der Waals surface area contributed by atoms with Gasteiger partial charge in [-0.05, 0) is 50.2 Å². The third-order valence-electron chi connectivity index (χ3n) is 3.03. The van der Waals surface area contributed by atoms with Gasteiger partial charge in [-0.1, -0.05) is 28.1 Å². The molecule has 0 saturated heterocycles. The third-order valence-corrected chi connectivity index (χ3v) is 3.56. The molecule has 0 radical (unpaired) electrons. The van der Waals surface area contributed by atoms with Gasteiger partial charge >= 0.3 is 0 Å². The van der Waals surface area contributed by atoms with E-state index < -0.39 is 6.10 Å². The van der Waals surface area contributed by atoms with Crippen LogP contribution in [0.15, 0.2) is 53.0 Å². The summed E-state index contributed by atoms with van der Waals surface area (Å²) in [6, 6.07) is 14.1. The zero-order valence-electron chi connectivity index (χ0n) is 12.3. The molecule has 5 heteroatoms. The Kier molecular flexibility index (Phi) is 5.33. The molecule has 1 atom stereocenters. The number of hydrogen-bond acceptors (Lipinski definition) is 3. The van der Waals surface area contributed by atoms with Crippen molar-refractivity contribution in [1.29, 1.82) is 0 Å². The maximum absolute atomic E-state index is 12.1. The molecule has 4 nitrogen and oxygen atoms in total. The Morgan fingerprint density at radius 1 is 1.14 bits per heavy atom. The molecule has 0 heterocycles. The van der Waals surface area contributed by atoms with E-state index in [-0.39, 0.29) is 11.7 Å². The van der Waals surface area contributed by atoms with Crippen LogP contribution in [0.25, 0.3) is 0 Å². The number of amides is 1. The minimum Gasteiger partial charge on any atom is -0.481 e. The van der Waals surface area contributed by atoms with E-state index in [1.165, 1.54) is 6.92 Å². The lowest BCUT2D eigenvalue weighted by Gasteiger charge is -2.15. The molecule has 1 amide bonds. The molecule has 0 bridgehead atoms. The molecular weight excluding hydrogens is 346 g/mol. The Hall–Kier alpha value is -2.14. The van der Waals surface area contributed by atoms with Gasteiger partial charge in [-0.25, -0.2) is 0 Å². The fourth-order valence-corrected chi connectivity index (χ4v) is 2.09. The highest BCUT2D eigenvalue weighted by atomic mass is 79.9. The highest BCUT2D eigenvalue weighted by molar-refractivity contribution is 9.10. The van der Waals surface area contributed by atoms with Gasteiger partial charge in [0.1, 0.15) is 5.75 Å². The van der Waals surface area contributed by atoms with E-state index in [1.807, 2.05) is 12.1 Å². The molecule has 1 N–H and O–H groups in total. The van der Waals surface area contributed by atoms with E-state index in [1.54, 1.807) is 43.3 Å². The summed E-state index contributed by atoms with van der Waals surface area (Å²) in [5.74, 6) is 0.194. The molecule has 2 rings (SSSR count). The van der Waals surface area contributed by atoms with Crippen molar-refractivity contribution < 1.29 is 14.3 Å². The second-order valence-electron chi connectivity index (χ2n) is 4.84. The SMILES string of the molecule is CC(=O)c1cccc(O[C@@H](C)C(=O)Nc2ccc(Br)cc2)c1. The van der Waals surface area contributed by atoms with Crippen LogP contribution in [0.5, 0.6) is 5.75 Å². The minimum absolute atomic E-state index is 0.0441. The Morgan fingerprint density at radius 3 is 2.45 bits per heavy atom. The van der Waals surface area contributed by atoms with E-state index in [0.717, 1.165) is 4.47 Å². The largest absolute Gasteiger partial charge is 0.481 e. The van der Waals surface area contributed by atoms with E-state index in [2.05, 4.69) is 21.2 Å². The van der Waals surface area contributed by atoms with Crippen molar-refractivity contribution >= 4 is 33.3 Å². The molecule has 0 unspecified atom stereocenters. The monoisotopic (exact) mass is 361 g/mol. The number of benzene rings is 2. The third kappa shape index (κ3) is 4.43. The van der Waals surface area contributed by atoms with Gasteiger partial charge in [-0.2, -0.15) is 0 Å². The second-order valence-corrected chi connectivity index (χ2v) is 5.76. The van der Waals surface area contributed by atoms with Gasteiger partial charge in [0.2, 0.25) is 0 Å². The first-order valence-electron chi connectivity index (χ1n) is 6.80. The number of ketones is 1. The fourth-order valence-electron chi connectivity index (χ4n) is 1.82. The maximum atomic E-state index is 12.1. The summed E-state index contributed by atoms with van der Waals surface area (Å²) in [4.78, 5) is 23.5. The van der Waals surface area contributed by atoms with Gasteiger partial charge in [-0.3, -0.25) is 9.59 Å². The van der Waals surface area contributed by atoms with Gasteiger partial charge in [-0.15, -0.1) is 0 Å². The van der Waals surface area contributed by atoms with Crippen molar-refractivity contribution in [1.82, 2.24) is 0 Å². The summed E-state index contributed by atoms with van der Waals surface area (Å²) in [6.07, 6.45) is -0.675. The van der Waals surface area contributed by atoms with E-state index in [4.69, 9.17) is 4.74 Å². The number of rotatable bonds is 5. The summed E-state index contributed by atoms with van der Waals surface area (Å²) in [7, 11) is 0. The minimum atomic E-state index is -0.675. The summed E-state index contributed by atoms with van der Waals surface area (Å²) in [6.45, 7) is 3.15. The molecule has 114 valence electrons. The van der Waals surface area contributed by atoms with Crippen LogP contribution in [-0.2, 0) is 4.79 Å². The quantitative estimate of drug-likeness (QED) is 0.817. The van der Waals surface area contributed by atoms with Crippen LogP contribution in [-0.4, -0.2) is 17.8 Å². The molecule has 0 aromatic heterocycles. The lowest BCUT2D eigenvalue weighted by atomic mass is 10.1. The normalized spacial score (nSPS) is 11.6. The zero-order valence-corrected chi connectivity index (χ0v) is 13.9. The highest BCUT2D eigenvalue weighted by Gasteiger charge is 2.15. The molecule has 0 saturated carbocycles. The average Bonchev–Trinajstić information content (AvgIpc) is 2.49. The first-order valence-corrected chi connectivity index (χ1v) is 7.59. The Labute approximate surface area is 137 Å². The van der Waals surface area contributed by atoms with Crippen LogP contribution >= 0.6 is 15.9 Å². The molecule has 2 aromatic rings. The van der Waals surface area contributed by atoms with Crippen LogP contribution in [0.4, 0.5) is 5.69 Å². The molecule has 22 heavy (non-hydrogen) atoms. The summed E-state index contributed by atoms with van der Waals surface area (Å²) < 4.78 is 6.53. The van der Waals surface area contributed by atoms with Crippen LogP contribution in [0.3, 0.4) is 0 Å². The number of halogens is 1.